The van der Waals surface area contributed by atoms with Crippen LogP contribution >= 0.6 is 11.6 Å². The predicted molar refractivity (Wildman–Crippen MR) is 119 cm³/mol. The van der Waals surface area contributed by atoms with Gasteiger partial charge in [-0.05, 0) is 54.4 Å². The Balaban J connectivity index is 1.70. The number of nitrogens with zero attached hydrogens (tertiary/aromatic N) is 2. The first-order valence-corrected chi connectivity index (χ1v) is 10.2. The van der Waals surface area contributed by atoms with E-state index in [2.05, 4.69) is 5.10 Å². The molecule has 1 unspecified atom stereocenters. The first-order valence-electron chi connectivity index (χ1n) is 9.78. The number of halogens is 2. The monoisotopic (exact) mass is 432 g/mol. The molecule has 0 aliphatic carbocycles. The molecular formula is C25H18ClFN2O2. The second-order valence-electron chi connectivity index (χ2n) is 7.40. The molecule has 3 aromatic carbocycles. The van der Waals surface area contributed by atoms with E-state index in [4.69, 9.17) is 16.0 Å². The molecule has 6 heteroatoms. The molecule has 31 heavy (non-hydrogen) atoms. The largest absolute Gasteiger partial charge is 0.457 e. The summed E-state index contributed by atoms with van der Waals surface area (Å²) < 4.78 is 21.3. The Hall–Kier alpha value is -3.41. The molecule has 0 radical (unpaired) electrons. The van der Waals surface area contributed by atoms with E-state index >= 15 is 0 Å². The lowest BCUT2D eigenvalue weighted by molar-refractivity contribution is 0.193. The Labute approximate surface area is 183 Å². The maximum absolute atomic E-state index is 13.4. The summed E-state index contributed by atoms with van der Waals surface area (Å²) in [7, 11) is 0. The summed E-state index contributed by atoms with van der Waals surface area (Å²) in [6.07, 6.45) is 2.53. The molecular weight excluding hydrogens is 415 g/mol. The van der Waals surface area contributed by atoms with Crippen LogP contribution in [0.4, 0.5) is 4.39 Å². The van der Waals surface area contributed by atoms with Crippen molar-refractivity contribution in [1.29, 1.82) is 0 Å². The molecule has 0 amide bonds. The van der Waals surface area contributed by atoms with E-state index in [1.54, 1.807) is 23.0 Å². The predicted octanol–water partition coefficient (Wildman–Crippen LogP) is 6.47. The third kappa shape index (κ3) is 3.52. The van der Waals surface area contributed by atoms with Crippen molar-refractivity contribution in [3.05, 3.63) is 107 Å². The summed E-state index contributed by atoms with van der Waals surface area (Å²) in [4.78, 5) is 0. The smallest absolute Gasteiger partial charge is 0.146 e. The first kappa shape index (κ1) is 19.5. The van der Waals surface area contributed by atoms with Gasteiger partial charge in [0.2, 0.25) is 0 Å². The van der Waals surface area contributed by atoms with Gasteiger partial charge in [-0.2, -0.15) is 5.10 Å². The number of hydrogen-bond donors (Lipinski definition) is 1. The molecule has 5 rings (SSSR count). The lowest BCUT2D eigenvalue weighted by atomic mass is 9.98. The summed E-state index contributed by atoms with van der Waals surface area (Å²) in [5.41, 5.74) is 4.41. The van der Waals surface area contributed by atoms with E-state index in [-0.39, 0.29) is 5.82 Å². The molecule has 5 aromatic rings. The normalized spacial score (nSPS) is 12.4. The van der Waals surface area contributed by atoms with Crippen molar-refractivity contribution in [3.63, 3.8) is 0 Å². The van der Waals surface area contributed by atoms with E-state index in [9.17, 15) is 9.50 Å². The molecule has 0 fully saturated rings. The number of benzene rings is 3. The molecule has 2 heterocycles. The SMILES string of the molecule is Cc1cc2oc(C(O)c3ccc(F)cc3)c(-c3cnn(-c4ccccc4)c3)c2cc1Cl. The maximum atomic E-state index is 13.4. The van der Waals surface area contributed by atoms with Crippen LogP contribution in [0.2, 0.25) is 5.02 Å². The second-order valence-corrected chi connectivity index (χ2v) is 7.81. The average Bonchev–Trinajstić information content (AvgIpc) is 3.40. The van der Waals surface area contributed by atoms with Crippen molar-refractivity contribution >= 4 is 22.6 Å². The summed E-state index contributed by atoms with van der Waals surface area (Å²) in [6, 6.07) is 19.1. The Morgan fingerprint density at radius 2 is 1.81 bits per heavy atom. The summed E-state index contributed by atoms with van der Waals surface area (Å²) in [5, 5.41) is 17.0. The van der Waals surface area contributed by atoms with Crippen LogP contribution in [-0.2, 0) is 0 Å². The fourth-order valence-electron chi connectivity index (χ4n) is 3.70. The summed E-state index contributed by atoms with van der Waals surface area (Å²) >= 11 is 6.40. The Bertz CT molecular complexity index is 1370. The van der Waals surface area contributed by atoms with Crippen LogP contribution in [0.25, 0.3) is 27.8 Å². The molecule has 154 valence electrons. The average molecular weight is 433 g/mol. The van der Waals surface area contributed by atoms with Crippen LogP contribution in [0.1, 0.15) is 23.0 Å². The van der Waals surface area contributed by atoms with E-state index in [0.29, 0.717) is 27.5 Å². The third-order valence-electron chi connectivity index (χ3n) is 5.32. The van der Waals surface area contributed by atoms with E-state index in [1.165, 1.54) is 12.1 Å². The molecule has 4 nitrogen and oxygen atoms in total. The molecule has 1 atom stereocenters. The molecule has 1 N–H and O–H groups in total. The number of aryl methyl sites for hydroxylation is 1. The minimum atomic E-state index is -1.08. The molecule has 0 saturated carbocycles. The van der Waals surface area contributed by atoms with Crippen LogP contribution in [0, 0.1) is 12.7 Å². The zero-order valence-electron chi connectivity index (χ0n) is 16.6. The molecule has 0 aliphatic rings. The van der Waals surface area contributed by atoms with Crippen molar-refractivity contribution in [2.75, 3.05) is 0 Å². The van der Waals surface area contributed by atoms with Crippen molar-refractivity contribution in [2.45, 2.75) is 13.0 Å². The van der Waals surface area contributed by atoms with Crippen LogP contribution < -0.4 is 0 Å². The van der Waals surface area contributed by atoms with Crippen molar-refractivity contribution in [1.82, 2.24) is 9.78 Å². The van der Waals surface area contributed by atoms with Crippen LogP contribution in [0.3, 0.4) is 0 Å². The number of furan rings is 1. The minimum absolute atomic E-state index is 0.357. The van der Waals surface area contributed by atoms with Gasteiger partial charge in [-0.25, -0.2) is 9.07 Å². The minimum Gasteiger partial charge on any atom is -0.457 e. The van der Waals surface area contributed by atoms with Crippen LogP contribution in [0.15, 0.2) is 83.5 Å². The lowest BCUT2D eigenvalue weighted by Gasteiger charge is -2.10. The third-order valence-corrected chi connectivity index (χ3v) is 5.73. The summed E-state index contributed by atoms with van der Waals surface area (Å²) in [6.45, 7) is 1.90. The topological polar surface area (TPSA) is 51.2 Å². The van der Waals surface area contributed by atoms with Gasteiger partial charge in [0.1, 0.15) is 23.3 Å². The number of aliphatic hydroxyl groups is 1. The summed E-state index contributed by atoms with van der Waals surface area (Å²) in [5.74, 6) is -0.0109. The van der Waals surface area contributed by atoms with Gasteiger partial charge in [0.25, 0.3) is 0 Å². The Morgan fingerprint density at radius 3 is 2.55 bits per heavy atom. The van der Waals surface area contributed by atoms with Crippen molar-refractivity contribution in [2.24, 2.45) is 0 Å². The van der Waals surface area contributed by atoms with Gasteiger partial charge >= 0.3 is 0 Å². The number of aromatic nitrogens is 2. The van der Waals surface area contributed by atoms with Gasteiger partial charge in [0, 0.05) is 27.7 Å². The fraction of sp³-hybridized carbons (Fsp3) is 0.0800. The number of para-hydroxylation sites is 1. The van der Waals surface area contributed by atoms with Gasteiger partial charge in [0.15, 0.2) is 0 Å². The molecule has 0 bridgehead atoms. The standard InChI is InChI=1S/C25H18ClFN2O2/c1-15-11-22-20(12-21(15)26)23(17-13-28-29(14-17)19-5-3-2-4-6-19)25(31-22)24(30)16-7-9-18(27)10-8-16/h2-14,24,30H,1H3. The second kappa shape index (κ2) is 7.69. The zero-order chi connectivity index (χ0) is 21.5. The van der Waals surface area contributed by atoms with Gasteiger partial charge in [-0.3, -0.25) is 0 Å². The molecule has 2 aromatic heterocycles. The molecule has 0 aliphatic heterocycles. The maximum Gasteiger partial charge on any atom is 0.146 e. The first-order chi connectivity index (χ1) is 15.0. The van der Waals surface area contributed by atoms with Crippen molar-refractivity contribution in [3.8, 4) is 16.8 Å². The fourth-order valence-corrected chi connectivity index (χ4v) is 3.86. The van der Waals surface area contributed by atoms with E-state index < -0.39 is 6.10 Å². The number of aliphatic hydroxyl groups excluding tert-OH is 1. The van der Waals surface area contributed by atoms with Gasteiger partial charge in [-0.1, -0.05) is 41.9 Å². The highest BCUT2D eigenvalue weighted by Gasteiger charge is 2.25. The van der Waals surface area contributed by atoms with E-state index in [0.717, 1.165) is 22.2 Å². The number of rotatable bonds is 4. The molecule has 0 saturated heterocycles. The quantitative estimate of drug-likeness (QED) is 0.354. The molecule has 0 spiro atoms. The zero-order valence-corrected chi connectivity index (χ0v) is 17.3. The van der Waals surface area contributed by atoms with E-state index in [1.807, 2.05) is 55.6 Å². The van der Waals surface area contributed by atoms with Gasteiger partial charge < -0.3 is 9.52 Å². The Morgan fingerprint density at radius 1 is 1.06 bits per heavy atom. The highest BCUT2D eigenvalue weighted by atomic mass is 35.5. The van der Waals surface area contributed by atoms with Gasteiger partial charge in [-0.15, -0.1) is 0 Å². The van der Waals surface area contributed by atoms with Crippen LogP contribution in [0.5, 0.6) is 0 Å². The number of fused-ring (bicyclic) bond motifs is 1. The van der Waals surface area contributed by atoms with Crippen LogP contribution in [-0.4, -0.2) is 14.9 Å². The van der Waals surface area contributed by atoms with Gasteiger partial charge in [0.05, 0.1) is 11.9 Å². The highest BCUT2D eigenvalue weighted by molar-refractivity contribution is 6.32. The lowest BCUT2D eigenvalue weighted by Crippen LogP contribution is -2.00. The van der Waals surface area contributed by atoms with Crippen molar-refractivity contribution < 1.29 is 13.9 Å². The number of hydrogen-bond acceptors (Lipinski definition) is 3. The Kier molecular flexibility index (Phi) is 4.85. The highest BCUT2D eigenvalue weighted by Crippen LogP contribution is 2.41.